The number of hydrogen-bond donors (Lipinski definition) is 0. The van der Waals surface area contributed by atoms with Crippen molar-refractivity contribution >= 4 is 13.5 Å². The van der Waals surface area contributed by atoms with Crippen LogP contribution in [0, 0.1) is 5.41 Å². The standard InChI is InChI=1S/C16H28NO3P/c1-4-5-6-7-9-14-10-8-11-15(14)17-21(18)19-12-16(2,3)13-20-21/h10H,4-9,11-13H2,1-3H3/b17-15+. The minimum Gasteiger partial charge on any atom is -0.290 e. The topological polar surface area (TPSA) is 47.9 Å². The van der Waals surface area contributed by atoms with Crippen molar-refractivity contribution in [3.05, 3.63) is 11.6 Å². The van der Waals surface area contributed by atoms with Gasteiger partial charge < -0.3 is 0 Å². The van der Waals surface area contributed by atoms with Gasteiger partial charge in [-0.05, 0) is 31.3 Å². The predicted octanol–water partition coefficient (Wildman–Crippen LogP) is 5.30. The zero-order chi connectivity index (χ0) is 15.3. The molecule has 0 aromatic carbocycles. The van der Waals surface area contributed by atoms with E-state index in [0.29, 0.717) is 13.2 Å². The summed E-state index contributed by atoms with van der Waals surface area (Å²) in [5.74, 6) is 0. The van der Waals surface area contributed by atoms with Crippen LogP contribution in [0.5, 0.6) is 0 Å². The number of unbranched alkanes of at least 4 members (excludes halogenated alkanes) is 3. The maximum absolute atomic E-state index is 12.5. The highest BCUT2D eigenvalue weighted by molar-refractivity contribution is 7.52. The van der Waals surface area contributed by atoms with Crippen molar-refractivity contribution in [3.8, 4) is 0 Å². The third-order valence-corrected chi connectivity index (χ3v) is 5.32. The summed E-state index contributed by atoms with van der Waals surface area (Å²) in [5, 5.41) is 0. The third-order valence-electron chi connectivity index (χ3n) is 3.92. The average Bonchev–Trinajstić information content (AvgIpc) is 2.86. The Morgan fingerprint density at radius 3 is 2.62 bits per heavy atom. The highest BCUT2D eigenvalue weighted by Crippen LogP contribution is 2.55. The predicted molar refractivity (Wildman–Crippen MR) is 86.8 cm³/mol. The van der Waals surface area contributed by atoms with Gasteiger partial charge in [0.1, 0.15) is 0 Å². The minimum atomic E-state index is -3.28. The van der Waals surface area contributed by atoms with Gasteiger partial charge in [0, 0.05) is 5.41 Å². The lowest BCUT2D eigenvalue weighted by Crippen LogP contribution is -2.29. The van der Waals surface area contributed by atoms with Crippen LogP contribution in [-0.4, -0.2) is 18.9 Å². The van der Waals surface area contributed by atoms with Gasteiger partial charge in [-0.2, -0.15) is 4.76 Å². The summed E-state index contributed by atoms with van der Waals surface area (Å²) in [6.45, 7) is 7.18. The van der Waals surface area contributed by atoms with Gasteiger partial charge in [-0.1, -0.05) is 46.1 Å². The molecule has 0 aromatic heterocycles. The normalized spacial score (nSPS) is 26.0. The summed E-state index contributed by atoms with van der Waals surface area (Å²) >= 11 is 0. The van der Waals surface area contributed by atoms with Crippen molar-refractivity contribution in [2.24, 2.45) is 10.2 Å². The fourth-order valence-electron chi connectivity index (χ4n) is 2.56. The molecule has 21 heavy (non-hydrogen) atoms. The van der Waals surface area contributed by atoms with Crippen molar-refractivity contribution < 1.29 is 13.6 Å². The summed E-state index contributed by atoms with van der Waals surface area (Å²) < 4.78 is 27.8. The highest BCUT2D eigenvalue weighted by Gasteiger charge is 2.37. The number of hydrogen-bond acceptors (Lipinski definition) is 3. The molecule has 0 spiro atoms. The SMILES string of the molecule is CCCCCCC1=CCC/C1=N\P1(=O)OCC(C)(C)CO1. The van der Waals surface area contributed by atoms with Gasteiger partial charge in [-0.3, -0.25) is 9.05 Å². The Morgan fingerprint density at radius 2 is 1.95 bits per heavy atom. The molecule has 0 saturated carbocycles. The van der Waals surface area contributed by atoms with Crippen LogP contribution in [0.1, 0.15) is 65.7 Å². The number of allylic oxidation sites excluding steroid dienone is 2. The molecule has 0 aromatic rings. The van der Waals surface area contributed by atoms with Crippen LogP contribution < -0.4 is 0 Å². The monoisotopic (exact) mass is 313 g/mol. The first kappa shape index (κ1) is 16.9. The lowest BCUT2D eigenvalue weighted by atomic mass is 9.97. The van der Waals surface area contributed by atoms with Crippen molar-refractivity contribution in [2.45, 2.75) is 65.7 Å². The lowest BCUT2D eigenvalue weighted by Gasteiger charge is -2.32. The molecule has 0 unspecified atom stereocenters. The van der Waals surface area contributed by atoms with Gasteiger partial charge in [0.2, 0.25) is 0 Å². The van der Waals surface area contributed by atoms with Crippen molar-refractivity contribution in [3.63, 3.8) is 0 Å². The van der Waals surface area contributed by atoms with Crippen LogP contribution in [0.3, 0.4) is 0 Å². The molecular weight excluding hydrogens is 285 g/mol. The molecule has 0 bridgehead atoms. The van der Waals surface area contributed by atoms with E-state index in [1.165, 1.54) is 31.3 Å². The number of nitrogens with zero attached hydrogens (tertiary/aromatic N) is 1. The molecule has 0 amide bonds. The van der Waals surface area contributed by atoms with Crippen molar-refractivity contribution in [1.82, 2.24) is 0 Å². The zero-order valence-corrected chi connectivity index (χ0v) is 14.5. The molecular formula is C16H28NO3P. The zero-order valence-electron chi connectivity index (χ0n) is 13.6. The molecule has 2 aliphatic rings. The first-order chi connectivity index (χ1) is 9.94. The molecule has 0 atom stereocenters. The van der Waals surface area contributed by atoms with E-state index in [-0.39, 0.29) is 5.41 Å². The van der Waals surface area contributed by atoms with Crippen LogP contribution in [-0.2, 0) is 13.6 Å². The summed E-state index contributed by atoms with van der Waals surface area (Å²) in [6.07, 6.45) is 10.1. The van der Waals surface area contributed by atoms with E-state index < -0.39 is 7.75 Å². The smallest absolute Gasteiger partial charge is 0.290 e. The maximum atomic E-state index is 12.5. The summed E-state index contributed by atoms with van der Waals surface area (Å²) in [4.78, 5) is 0. The van der Waals surface area contributed by atoms with E-state index in [2.05, 4.69) is 17.8 Å². The minimum absolute atomic E-state index is 0.0808. The molecule has 1 saturated heterocycles. The molecule has 4 nitrogen and oxygen atoms in total. The van der Waals surface area contributed by atoms with Gasteiger partial charge in [0.15, 0.2) is 0 Å². The Morgan fingerprint density at radius 1 is 1.24 bits per heavy atom. The van der Waals surface area contributed by atoms with Gasteiger partial charge in [0.05, 0.1) is 18.9 Å². The Labute approximate surface area is 128 Å². The molecule has 1 fully saturated rings. The molecule has 1 aliphatic carbocycles. The van der Waals surface area contributed by atoms with Gasteiger partial charge in [-0.15, -0.1) is 0 Å². The highest BCUT2D eigenvalue weighted by atomic mass is 31.2. The quantitative estimate of drug-likeness (QED) is 0.494. The largest absolute Gasteiger partial charge is 0.454 e. The maximum Gasteiger partial charge on any atom is 0.454 e. The van der Waals surface area contributed by atoms with Crippen molar-refractivity contribution in [1.29, 1.82) is 0 Å². The molecule has 120 valence electrons. The van der Waals surface area contributed by atoms with E-state index in [1.807, 2.05) is 13.8 Å². The van der Waals surface area contributed by atoms with E-state index >= 15 is 0 Å². The van der Waals surface area contributed by atoms with Gasteiger partial charge in [0.25, 0.3) is 0 Å². The van der Waals surface area contributed by atoms with Crippen LogP contribution in [0.4, 0.5) is 0 Å². The Hall–Kier alpha value is -0.440. The molecule has 0 N–H and O–H groups in total. The van der Waals surface area contributed by atoms with Crippen molar-refractivity contribution in [2.75, 3.05) is 13.2 Å². The Kier molecular flexibility index (Phi) is 5.81. The molecule has 1 heterocycles. The fourth-order valence-corrected chi connectivity index (χ4v) is 4.30. The Bertz CT molecular complexity index is 454. The van der Waals surface area contributed by atoms with Gasteiger partial charge >= 0.3 is 7.75 Å². The van der Waals surface area contributed by atoms with E-state index in [0.717, 1.165) is 25.0 Å². The molecule has 0 radical (unpaired) electrons. The lowest BCUT2D eigenvalue weighted by molar-refractivity contribution is 0.0418. The average molecular weight is 313 g/mol. The second kappa shape index (κ2) is 7.21. The third kappa shape index (κ3) is 5.05. The van der Waals surface area contributed by atoms with E-state index in [1.54, 1.807) is 0 Å². The van der Waals surface area contributed by atoms with E-state index in [9.17, 15) is 4.57 Å². The summed E-state index contributed by atoms with van der Waals surface area (Å²) in [6, 6.07) is 0. The second-order valence-electron chi connectivity index (χ2n) is 6.81. The second-order valence-corrected chi connectivity index (χ2v) is 8.46. The fraction of sp³-hybridized carbons (Fsp3) is 0.812. The van der Waals surface area contributed by atoms with Crippen LogP contribution in [0.2, 0.25) is 0 Å². The molecule has 1 aliphatic heterocycles. The summed E-state index contributed by atoms with van der Waals surface area (Å²) in [7, 11) is -3.28. The summed E-state index contributed by atoms with van der Waals surface area (Å²) in [5.41, 5.74) is 2.11. The molecule has 2 rings (SSSR count). The Balaban J connectivity index is 1.94. The van der Waals surface area contributed by atoms with Crippen LogP contribution >= 0.6 is 7.75 Å². The number of rotatable bonds is 6. The van der Waals surface area contributed by atoms with Crippen LogP contribution in [0.15, 0.2) is 16.4 Å². The van der Waals surface area contributed by atoms with E-state index in [4.69, 9.17) is 9.05 Å². The first-order valence-electron chi connectivity index (χ1n) is 8.12. The molecule has 5 heteroatoms. The van der Waals surface area contributed by atoms with Gasteiger partial charge in [-0.25, -0.2) is 4.57 Å². The van der Waals surface area contributed by atoms with Crippen LogP contribution in [0.25, 0.3) is 0 Å². The first-order valence-corrected chi connectivity index (χ1v) is 9.61.